The van der Waals surface area contributed by atoms with Gasteiger partial charge in [-0.2, -0.15) is 0 Å². The normalized spacial score (nSPS) is 12.8. The number of ketones is 1. The van der Waals surface area contributed by atoms with Crippen molar-refractivity contribution in [2.75, 3.05) is 159 Å². The smallest absolute Gasteiger partial charge is 0.151 e. The van der Waals surface area contributed by atoms with E-state index in [4.69, 9.17) is 62.9 Å². The van der Waals surface area contributed by atoms with Crippen molar-refractivity contribution in [1.82, 2.24) is 5.32 Å². The summed E-state index contributed by atoms with van der Waals surface area (Å²) in [4.78, 5) is 12.7. The Labute approximate surface area is 338 Å². The lowest BCUT2D eigenvalue weighted by Gasteiger charge is -2.23. The molecule has 0 aliphatic carbocycles. The van der Waals surface area contributed by atoms with Crippen LogP contribution in [0, 0.1) is 0 Å². The van der Waals surface area contributed by atoms with E-state index in [-0.39, 0.29) is 32.1 Å². The van der Waals surface area contributed by atoms with Gasteiger partial charge >= 0.3 is 0 Å². The van der Waals surface area contributed by atoms with Crippen LogP contribution in [0.1, 0.15) is 84.0 Å². The molecule has 0 amide bonds. The molecule has 0 heterocycles. The third kappa shape index (κ3) is 42.7. The van der Waals surface area contributed by atoms with Gasteiger partial charge < -0.3 is 68.1 Å². The number of aliphatic hydroxyl groups excluding tert-OH is 2. The van der Waals surface area contributed by atoms with Crippen LogP contribution < -0.4 is 11.1 Å². The zero-order chi connectivity index (χ0) is 40.7. The number of carbonyl (C=O) groups is 1. The fraction of sp³-hybridized carbons (Fsp3) is 0.975. The van der Waals surface area contributed by atoms with E-state index in [1.807, 2.05) is 0 Å². The Morgan fingerprint density at radius 1 is 0.464 bits per heavy atom. The first-order valence-corrected chi connectivity index (χ1v) is 21.3. The van der Waals surface area contributed by atoms with Crippen LogP contribution in [0.4, 0.5) is 0 Å². The maximum Gasteiger partial charge on any atom is 0.151 e. The average Bonchev–Trinajstić information content (AvgIpc) is 3.21. The number of carbonyl (C=O) groups excluding carboxylic acids is 1. The lowest BCUT2D eigenvalue weighted by Crippen LogP contribution is -2.50. The van der Waals surface area contributed by atoms with Gasteiger partial charge in [-0.3, -0.25) is 10.1 Å². The Bertz CT molecular complexity index is 762. The molecule has 5 N–H and O–H groups in total. The van der Waals surface area contributed by atoms with Crippen LogP contribution in [0.3, 0.4) is 0 Å². The highest BCUT2D eigenvalue weighted by atomic mass is 16.6. The average molecular weight is 815 g/mol. The van der Waals surface area contributed by atoms with E-state index >= 15 is 0 Å². The molecule has 0 aliphatic rings. The number of nitrogens with two attached hydrogens (primary N) is 1. The number of Topliss-reactive ketones (excluding diaryl/α,β-unsaturated/α-hetero) is 1. The molecule has 2 atom stereocenters. The number of hydrogen-bond donors (Lipinski definition) is 4. The molecule has 336 valence electrons. The monoisotopic (exact) mass is 815 g/mol. The summed E-state index contributed by atoms with van der Waals surface area (Å²) in [6.45, 7) is 11.6. The lowest BCUT2D eigenvalue weighted by molar-refractivity contribution is -0.123. The van der Waals surface area contributed by atoms with Gasteiger partial charge in [-0.1, -0.05) is 71.1 Å². The molecule has 16 nitrogen and oxygen atoms in total. The van der Waals surface area contributed by atoms with Gasteiger partial charge in [-0.25, -0.2) is 0 Å². The van der Waals surface area contributed by atoms with Crippen molar-refractivity contribution >= 4 is 5.78 Å². The molecule has 0 rings (SSSR count). The highest BCUT2D eigenvalue weighted by molar-refractivity contribution is 5.84. The molecular weight excluding hydrogens is 732 g/mol. The summed E-state index contributed by atoms with van der Waals surface area (Å²) in [5, 5.41) is 21.3. The minimum Gasteiger partial charge on any atom is -0.394 e. The molecular formula is C40H82N2O14. The van der Waals surface area contributed by atoms with Crippen molar-refractivity contribution in [2.45, 2.75) is 96.2 Å². The Morgan fingerprint density at radius 3 is 1.07 bits per heavy atom. The van der Waals surface area contributed by atoms with E-state index in [1.165, 1.54) is 51.4 Å². The summed E-state index contributed by atoms with van der Waals surface area (Å²) in [7, 11) is 0. The van der Waals surface area contributed by atoms with Crippen molar-refractivity contribution in [3.05, 3.63) is 0 Å². The van der Waals surface area contributed by atoms with Crippen LogP contribution in [-0.4, -0.2) is 187 Å². The Balaban J connectivity index is 3.41. The van der Waals surface area contributed by atoms with Crippen molar-refractivity contribution in [3.63, 3.8) is 0 Å². The largest absolute Gasteiger partial charge is 0.394 e. The van der Waals surface area contributed by atoms with Crippen LogP contribution >= 0.6 is 0 Å². The first-order valence-electron chi connectivity index (χ1n) is 21.3. The third-order valence-corrected chi connectivity index (χ3v) is 8.33. The number of hydrogen-bond acceptors (Lipinski definition) is 16. The third-order valence-electron chi connectivity index (χ3n) is 8.33. The van der Waals surface area contributed by atoms with Gasteiger partial charge in [-0.15, -0.1) is 0 Å². The topological polar surface area (TPSA) is 197 Å². The summed E-state index contributed by atoms with van der Waals surface area (Å²) in [5.41, 5.74) is 5.85. The van der Waals surface area contributed by atoms with Gasteiger partial charge in [-0.05, 0) is 6.42 Å². The van der Waals surface area contributed by atoms with E-state index in [0.717, 1.165) is 19.3 Å². The molecule has 0 radical (unpaired) electrons. The molecule has 56 heavy (non-hydrogen) atoms. The summed E-state index contributed by atoms with van der Waals surface area (Å²) in [5.74, 6) is 0.0642. The molecule has 0 saturated heterocycles. The molecule has 0 saturated carbocycles. The molecule has 0 spiro atoms. The Morgan fingerprint density at radius 2 is 0.768 bits per heavy atom. The van der Waals surface area contributed by atoms with Gasteiger partial charge in [0.15, 0.2) is 5.78 Å². The summed E-state index contributed by atoms with van der Waals surface area (Å²) in [6, 6.07) is -0.534. The standard InChI is InChI=1S/C40H82N2O14/c1-2-3-4-5-6-7-8-9-10-11-12-13-39(45)38(36-41)42-40(37-44)56-35-34-55-33-32-54-31-30-53-29-28-52-27-26-51-25-24-50-23-22-49-21-20-48-19-18-47-17-16-46-15-14-43/h38,40,42-44H,2-37,41H2,1H3. The lowest BCUT2D eigenvalue weighted by atomic mass is 10.0. The number of aliphatic hydroxyl groups is 2. The number of rotatable bonds is 50. The highest BCUT2D eigenvalue weighted by Gasteiger charge is 2.20. The van der Waals surface area contributed by atoms with Gasteiger partial charge in [0.1, 0.15) is 6.23 Å². The molecule has 2 unspecified atom stereocenters. The second-order valence-corrected chi connectivity index (χ2v) is 13.1. The second kappa shape index (κ2) is 48.4. The molecule has 0 bridgehead atoms. The van der Waals surface area contributed by atoms with Crippen LogP contribution in [0.15, 0.2) is 0 Å². The quantitative estimate of drug-likeness (QED) is 0.0516. The molecule has 0 aliphatic heterocycles. The zero-order valence-electron chi connectivity index (χ0n) is 35.0. The minimum absolute atomic E-state index is 0.0189. The Kier molecular flexibility index (Phi) is 47.6. The molecule has 0 aromatic rings. The van der Waals surface area contributed by atoms with Crippen LogP contribution in [-0.2, 0) is 56.9 Å². The van der Waals surface area contributed by atoms with E-state index < -0.39 is 12.3 Å². The van der Waals surface area contributed by atoms with Gasteiger partial charge in [0, 0.05) is 13.0 Å². The van der Waals surface area contributed by atoms with Crippen LogP contribution in [0.5, 0.6) is 0 Å². The molecule has 0 aromatic carbocycles. The van der Waals surface area contributed by atoms with Crippen LogP contribution in [0.2, 0.25) is 0 Å². The van der Waals surface area contributed by atoms with Crippen LogP contribution in [0.25, 0.3) is 0 Å². The predicted molar refractivity (Wildman–Crippen MR) is 214 cm³/mol. The number of ether oxygens (including phenoxy) is 11. The number of nitrogens with one attached hydrogen (secondary N) is 1. The van der Waals surface area contributed by atoms with Crippen molar-refractivity contribution < 1.29 is 67.1 Å². The van der Waals surface area contributed by atoms with E-state index in [2.05, 4.69) is 12.2 Å². The van der Waals surface area contributed by atoms with Crippen molar-refractivity contribution in [2.24, 2.45) is 5.73 Å². The van der Waals surface area contributed by atoms with Gasteiger partial charge in [0.2, 0.25) is 0 Å². The fourth-order valence-electron chi connectivity index (χ4n) is 5.20. The summed E-state index contributed by atoms with van der Waals surface area (Å²) >= 11 is 0. The molecule has 0 fully saturated rings. The number of unbranched alkanes of at least 4 members (excludes halogenated alkanes) is 10. The summed E-state index contributed by atoms with van der Waals surface area (Å²) < 4.78 is 59.9. The maximum absolute atomic E-state index is 12.7. The van der Waals surface area contributed by atoms with Crippen molar-refractivity contribution in [1.29, 1.82) is 0 Å². The van der Waals surface area contributed by atoms with E-state index in [9.17, 15) is 9.90 Å². The van der Waals surface area contributed by atoms with E-state index in [1.54, 1.807) is 0 Å². The first kappa shape index (κ1) is 55.1. The minimum atomic E-state index is -0.680. The highest BCUT2D eigenvalue weighted by Crippen LogP contribution is 2.12. The Hall–Kier alpha value is -0.930. The van der Waals surface area contributed by atoms with E-state index in [0.29, 0.717) is 139 Å². The fourth-order valence-corrected chi connectivity index (χ4v) is 5.20. The van der Waals surface area contributed by atoms with Crippen molar-refractivity contribution in [3.8, 4) is 0 Å². The molecule has 0 aromatic heterocycles. The second-order valence-electron chi connectivity index (χ2n) is 13.1. The maximum atomic E-state index is 12.7. The zero-order valence-corrected chi connectivity index (χ0v) is 35.0. The molecule has 16 heteroatoms. The first-order chi connectivity index (χ1) is 27.7. The predicted octanol–water partition coefficient (Wildman–Crippen LogP) is 2.67. The van der Waals surface area contributed by atoms with Gasteiger partial charge in [0.05, 0.1) is 158 Å². The summed E-state index contributed by atoms with van der Waals surface area (Å²) in [6.07, 6.45) is 13.4. The SMILES string of the molecule is CCCCCCCCCCCCCC(=O)C(CN)NC(CO)OCCOCCOCCOCCOCCOCCOCCOCCOCCOCCOCCO. The van der Waals surface area contributed by atoms with Gasteiger partial charge in [0.25, 0.3) is 0 Å².